The van der Waals surface area contributed by atoms with Gasteiger partial charge in [0, 0.05) is 6.42 Å². The lowest BCUT2D eigenvalue weighted by atomic mass is 10.1. The van der Waals surface area contributed by atoms with E-state index in [0.717, 1.165) is 39.9 Å². The van der Waals surface area contributed by atoms with Gasteiger partial charge in [-0.05, 0) is 23.8 Å². The number of nitrogens with one attached hydrogen (secondary N) is 2. The molecule has 0 aliphatic carbocycles. The first-order valence-corrected chi connectivity index (χ1v) is 6.12. The Bertz CT molecular complexity index is 825. The molecule has 0 amide bonds. The summed E-state index contributed by atoms with van der Waals surface area (Å²) in [5.74, 6) is 0.941. The summed E-state index contributed by atoms with van der Waals surface area (Å²) in [6.45, 7) is 0. The Morgan fingerprint density at radius 2 is 1.79 bits per heavy atom. The molecular weight excluding hydrogens is 238 g/mol. The Hall–Kier alpha value is -2.69. The molecule has 92 valence electrons. The molecule has 0 radical (unpaired) electrons. The molecule has 19 heavy (non-hydrogen) atoms. The van der Waals surface area contributed by atoms with E-state index in [1.54, 1.807) is 0 Å². The van der Waals surface area contributed by atoms with Gasteiger partial charge in [0.2, 0.25) is 0 Å². The van der Waals surface area contributed by atoms with Crippen LogP contribution in [0.25, 0.3) is 22.1 Å². The fraction of sp³-hybridized carbons (Fsp3) is 0.0714. The maximum Gasteiger partial charge on any atom is 0.116 e. The number of hydrogen-bond acceptors (Lipinski definition) is 3. The Balaban J connectivity index is 1.79. The topological polar surface area (TPSA) is 70.2 Å². The van der Waals surface area contributed by atoms with Gasteiger partial charge >= 0.3 is 0 Å². The molecule has 2 aromatic heterocycles. The zero-order valence-electron chi connectivity index (χ0n) is 10.1. The van der Waals surface area contributed by atoms with Crippen LogP contribution in [0.3, 0.4) is 0 Å². The van der Waals surface area contributed by atoms with Gasteiger partial charge < -0.3 is 4.98 Å². The van der Waals surface area contributed by atoms with Crippen LogP contribution < -0.4 is 0 Å². The number of aromatic nitrogens is 5. The van der Waals surface area contributed by atoms with Crippen LogP contribution in [-0.4, -0.2) is 25.4 Å². The van der Waals surface area contributed by atoms with Crippen molar-refractivity contribution in [2.45, 2.75) is 6.42 Å². The molecule has 0 aliphatic rings. The smallest absolute Gasteiger partial charge is 0.116 e. The van der Waals surface area contributed by atoms with Crippen LogP contribution in [0.2, 0.25) is 0 Å². The average Bonchev–Trinajstić information content (AvgIpc) is 3.04. The van der Waals surface area contributed by atoms with Gasteiger partial charge in [0.15, 0.2) is 0 Å². The molecule has 2 aromatic carbocycles. The molecule has 5 nitrogen and oxygen atoms in total. The van der Waals surface area contributed by atoms with E-state index in [9.17, 15) is 0 Å². The van der Waals surface area contributed by atoms with Gasteiger partial charge in [-0.3, -0.25) is 0 Å². The summed E-state index contributed by atoms with van der Waals surface area (Å²) >= 11 is 0. The highest BCUT2D eigenvalue weighted by atomic mass is 15.3. The van der Waals surface area contributed by atoms with E-state index < -0.39 is 0 Å². The number of imidazole rings is 1. The fourth-order valence-electron chi connectivity index (χ4n) is 2.34. The second-order valence-corrected chi connectivity index (χ2v) is 4.49. The maximum atomic E-state index is 4.59. The van der Waals surface area contributed by atoms with Crippen LogP contribution >= 0.6 is 0 Å². The van der Waals surface area contributed by atoms with Gasteiger partial charge in [-0.15, -0.1) is 0 Å². The normalized spacial score (nSPS) is 11.4. The molecule has 0 saturated heterocycles. The van der Waals surface area contributed by atoms with Crippen LogP contribution in [0, 0.1) is 0 Å². The first-order valence-electron chi connectivity index (χ1n) is 6.12. The summed E-state index contributed by atoms with van der Waals surface area (Å²) in [5.41, 5.74) is 4.96. The molecule has 2 N–H and O–H groups in total. The number of aromatic amines is 2. The molecule has 0 fully saturated rings. The van der Waals surface area contributed by atoms with Crippen molar-refractivity contribution in [2.24, 2.45) is 0 Å². The van der Waals surface area contributed by atoms with Crippen molar-refractivity contribution in [3.05, 3.63) is 53.9 Å². The second kappa shape index (κ2) is 3.91. The highest BCUT2D eigenvalue weighted by Gasteiger charge is 2.08. The van der Waals surface area contributed by atoms with Crippen molar-refractivity contribution in [3.8, 4) is 0 Å². The third-order valence-electron chi connectivity index (χ3n) is 3.23. The molecule has 0 aliphatic heterocycles. The van der Waals surface area contributed by atoms with Gasteiger partial charge in [0.25, 0.3) is 0 Å². The molecule has 0 unspecified atom stereocenters. The molecule has 0 bridgehead atoms. The Kier molecular flexibility index (Phi) is 2.11. The van der Waals surface area contributed by atoms with E-state index in [1.807, 2.05) is 36.4 Å². The molecule has 2 heterocycles. The minimum absolute atomic E-state index is 0.721. The van der Waals surface area contributed by atoms with Gasteiger partial charge in [0.05, 0.1) is 11.0 Å². The van der Waals surface area contributed by atoms with Crippen LogP contribution in [0.5, 0.6) is 0 Å². The number of nitrogens with zero attached hydrogens (tertiary/aromatic N) is 3. The van der Waals surface area contributed by atoms with Crippen molar-refractivity contribution < 1.29 is 0 Å². The third kappa shape index (κ3) is 1.67. The van der Waals surface area contributed by atoms with Crippen molar-refractivity contribution in [1.82, 2.24) is 25.4 Å². The van der Waals surface area contributed by atoms with Crippen LogP contribution in [0.1, 0.15) is 11.4 Å². The largest absolute Gasteiger partial charge is 0.342 e. The van der Waals surface area contributed by atoms with Crippen molar-refractivity contribution in [3.63, 3.8) is 0 Å². The molecule has 4 rings (SSSR count). The zero-order chi connectivity index (χ0) is 12.7. The second-order valence-electron chi connectivity index (χ2n) is 4.49. The molecule has 0 spiro atoms. The standard InChI is InChI=1S/C14H11N5/c1-2-6-11-10(5-1)15-13(16-11)8-9-4-3-7-12-14(9)18-19-17-12/h1-7H,8H2,(H,15,16)(H,17,18,19). The molecule has 0 atom stereocenters. The lowest BCUT2D eigenvalue weighted by Gasteiger charge is -1.98. The number of para-hydroxylation sites is 3. The van der Waals surface area contributed by atoms with E-state index in [2.05, 4.69) is 31.4 Å². The first kappa shape index (κ1) is 10.3. The predicted molar refractivity (Wildman–Crippen MR) is 72.8 cm³/mol. The number of fused-ring (bicyclic) bond motifs is 2. The quantitative estimate of drug-likeness (QED) is 0.573. The number of H-pyrrole nitrogens is 2. The van der Waals surface area contributed by atoms with Crippen LogP contribution in [-0.2, 0) is 6.42 Å². The first-order chi connectivity index (χ1) is 9.40. The summed E-state index contributed by atoms with van der Waals surface area (Å²) in [5, 5.41) is 10.9. The van der Waals surface area contributed by atoms with Gasteiger partial charge in [0.1, 0.15) is 16.9 Å². The highest BCUT2D eigenvalue weighted by Crippen LogP contribution is 2.18. The van der Waals surface area contributed by atoms with Crippen molar-refractivity contribution in [2.75, 3.05) is 0 Å². The van der Waals surface area contributed by atoms with Crippen molar-refractivity contribution >= 4 is 22.1 Å². The van der Waals surface area contributed by atoms with Crippen molar-refractivity contribution in [1.29, 1.82) is 0 Å². The Labute approximate surface area is 108 Å². The van der Waals surface area contributed by atoms with E-state index in [-0.39, 0.29) is 0 Å². The summed E-state index contributed by atoms with van der Waals surface area (Å²) in [6, 6.07) is 14.0. The van der Waals surface area contributed by atoms with E-state index in [4.69, 9.17) is 0 Å². The number of benzene rings is 2. The zero-order valence-corrected chi connectivity index (χ0v) is 10.1. The Morgan fingerprint density at radius 1 is 0.895 bits per heavy atom. The lowest BCUT2D eigenvalue weighted by molar-refractivity contribution is 0.954. The molecule has 0 saturated carbocycles. The van der Waals surface area contributed by atoms with Crippen LogP contribution in [0.4, 0.5) is 0 Å². The lowest BCUT2D eigenvalue weighted by Crippen LogP contribution is -1.92. The van der Waals surface area contributed by atoms with E-state index in [1.165, 1.54) is 0 Å². The highest BCUT2D eigenvalue weighted by molar-refractivity contribution is 5.78. The minimum atomic E-state index is 0.721. The van der Waals surface area contributed by atoms with E-state index >= 15 is 0 Å². The SMILES string of the molecule is c1ccc2[nH]c(Cc3cccc4n[nH]nc34)nc2c1. The molecule has 5 heteroatoms. The van der Waals surface area contributed by atoms with E-state index in [0.29, 0.717) is 0 Å². The third-order valence-corrected chi connectivity index (χ3v) is 3.23. The number of hydrogen-bond donors (Lipinski definition) is 2. The predicted octanol–water partition coefficient (Wildman–Crippen LogP) is 2.42. The Morgan fingerprint density at radius 3 is 2.74 bits per heavy atom. The van der Waals surface area contributed by atoms with Gasteiger partial charge in [-0.1, -0.05) is 24.3 Å². The minimum Gasteiger partial charge on any atom is -0.342 e. The molecular formula is C14H11N5. The molecule has 4 aromatic rings. The summed E-state index contributed by atoms with van der Waals surface area (Å²) in [7, 11) is 0. The summed E-state index contributed by atoms with van der Waals surface area (Å²) in [4.78, 5) is 7.92. The monoisotopic (exact) mass is 249 g/mol. The summed E-state index contributed by atoms with van der Waals surface area (Å²) < 4.78 is 0. The summed E-state index contributed by atoms with van der Waals surface area (Å²) in [6.07, 6.45) is 0.721. The van der Waals surface area contributed by atoms with Gasteiger partial charge in [-0.2, -0.15) is 15.4 Å². The number of rotatable bonds is 2. The maximum absolute atomic E-state index is 4.59. The van der Waals surface area contributed by atoms with Crippen LogP contribution in [0.15, 0.2) is 42.5 Å². The van der Waals surface area contributed by atoms with Gasteiger partial charge in [-0.25, -0.2) is 4.98 Å². The fourth-order valence-corrected chi connectivity index (χ4v) is 2.34. The average molecular weight is 249 g/mol.